The minimum atomic E-state index is -0.441. The molecule has 0 aliphatic heterocycles. The lowest BCUT2D eigenvalue weighted by Gasteiger charge is -2.29. The Morgan fingerprint density at radius 2 is 1.12 bits per heavy atom. The maximum atomic E-state index is 6.49. The summed E-state index contributed by atoms with van der Waals surface area (Å²) in [5.41, 5.74) is 19.7. The molecule has 1 unspecified atom stereocenters. The Bertz CT molecular complexity index is 2220. The van der Waals surface area contributed by atoms with E-state index in [2.05, 4.69) is 166 Å². The maximum Gasteiger partial charge on any atom is 0.127 e. The average molecular weight is 662 g/mol. The van der Waals surface area contributed by atoms with Crippen molar-refractivity contribution in [3.63, 3.8) is 0 Å². The molecule has 0 amide bonds. The summed E-state index contributed by atoms with van der Waals surface area (Å²) in [6.45, 7) is 14.3. The van der Waals surface area contributed by atoms with Gasteiger partial charge in [-0.25, -0.2) is 4.99 Å². The van der Waals surface area contributed by atoms with Crippen molar-refractivity contribution in [2.24, 2.45) is 15.7 Å². The first-order valence-corrected chi connectivity index (χ1v) is 17.2. The number of amidine groups is 1. The van der Waals surface area contributed by atoms with E-state index in [9.17, 15) is 0 Å². The molecule has 250 valence electrons. The van der Waals surface area contributed by atoms with E-state index >= 15 is 0 Å². The lowest BCUT2D eigenvalue weighted by molar-refractivity contribution is 0.724. The number of benzene rings is 6. The molecule has 0 saturated heterocycles. The van der Waals surface area contributed by atoms with Gasteiger partial charge in [0.15, 0.2) is 0 Å². The zero-order valence-electron chi connectivity index (χ0n) is 29.6. The molecule has 0 heterocycles. The average Bonchev–Trinajstić information content (AvgIpc) is 3.19. The summed E-state index contributed by atoms with van der Waals surface area (Å²) < 4.78 is 0. The predicted octanol–water partition coefficient (Wildman–Crippen LogP) is 12.0. The van der Waals surface area contributed by atoms with Crippen LogP contribution in [0.2, 0.25) is 0 Å². The van der Waals surface area contributed by atoms with Crippen LogP contribution in [0.5, 0.6) is 0 Å². The molecule has 0 fully saturated rings. The van der Waals surface area contributed by atoms with Crippen LogP contribution in [-0.2, 0) is 5.41 Å². The van der Waals surface area contributed by atoms with Crippen LogP contribution >= 0.6 is 0 Å². The van der Waals surface area contributed by atoms with Crippen LogP contribution in [0.3, 0.4) is 0 Å². The summed E-state index contributed by atoms with van der Waals surface area (Å²) in [6.07, 6.45) is 4.08. The van der Waals surface area contributed by atoms with E-state index in [0.29, 0.717) is 5.84 Å². The molecule has 51 heavy (non-hydrogen) atoms. The zero-order chi connectivity index (χ0) is 35.8. The van der Waals surface area contributed by atoms with E-state index in [-0.39, 0.29) is 0 Å². The Kier molecular flexibility index (Phi) is 10.5. The summed E-state index contributed by atoms with van der Waals surface area (Å²) in [4.78, 5) is 9.26. The number of hydrogen-bond acceptors (Lipinski definition) is 2. The first kappa shape index (κ1) is 34.5. The maximum absolute atomic E-state index is 6.49. The molecule has 0 radical (unpaired) electrons. The highest BCUT2D eigenvalue weighted by molar-refractivity contribution is 6.06. The Labute approximate surface area is 302 Å². The Hall–Kier alpha value is -6.32. The fourth-order valence-corrected chi connectivity index (χ4v) is 6.51. The third-order valence-corrected chi connectivity index (χ3v) is 9.62. The highest BCUT2D eigenvalue weighted by Gasteiger charge is 2.27. The number of hydrogen-bond donors (Lipinski definition) is 1. The zero-order valence-corrected chi connectivity index (χ0v) is 29.6. The summed E-state index contributed by atoms with van der Waals surface area (Å²) in [7, 11) is 0. The van der Waals surface area contributed by atoms with Crippen molar-refractivity contribution in [1.82, 2.24) is 0 Å². The molecule has 3 heteroatoms. The van der Waals surface area contributed by atoms with E-state index in [0.717, 1.165) is 44.8 Å². The predicted molar refractivity (Wildman–Crippen MR) is 219 cm³/mol. The lowest BCUT2D eigenvalue weighted by Crippen LogP contribution is -2.21. The van der Waals surface area contributed by atoms with E-state index in [4.69, 9.17) is 10.7 Å². The molecule has 6 aromatic rings. The van der Waals surface area contributed by atoms with Crippen LogP contribution in [0.4, 0.5) is 5.69 Å². The van der Waals surface area contributed by atoms with Gasteiger partial charge in [0.25, 0.3) is 0 Å². The Morgan fingerprint density at radius 3 is 1.69 bits per heavy atom. The van der Waals surface area contributed by atoms with Gasteiger partial charge in [0.05, 0.1) is 11.4 Å². The van der Waals surface area contributed by atoms with Gasteiger partial charge in [0.2, 0.25) is 0 Å². The quantitative estimate of drug-likeness (QED) is 0.0838. The number of rotatable bonds is 11. The fraction of sp³-hybridized carbons (Fsp3) is 0.0833. The molecule has 0 saturated carbocycles. The van der Waals surface area contributed by atoms with Crippen molar-refractivity contribution in [1.29, 1.82) is 0 Å². The van der Waals surface area contributed by atoms with Crippen LogP contribution in [0.25, 0.3) is 33.5 Å². The van der Waals surface area contributed by atoms with Gasteiger partial charge < -0.3 is 5.73 Å². The Morgan fingerprint density at radius 1 is 0.627 bits per heavy atom. The molecule has 0 spiro atoms. The molecule has 0 aliphatic rings. The molecule has 3 nitrogen and oxygen atoms in total. The van der Waals surface area contributed by atoms with Crippen molar-refractivity contribution in [3.8, 4) is 22.3 Å². The van der Waals surface area contributed by atoms with Crippen molar-refractivity contribution in [2.75, 3.05) is 0 Å². The van der Waals surface area contributed by atoms with Crippen LogP contribution < -0.4 is 5.73 Å². The topological polar surface area (TPSA) is 50.7 Å². The second-order valence-electron chi connectivity index (χ2n) is 12.9. The second kappa shape index (κ2) is 15.5. The monoisotopic (exact) mass is 661 g/mol. The number of aliphatic imine (C=N–C) groups is 2. The minimum absolute atomic E-state index is 0.441. The summed E-state index contributed by atoms with van der Waals surface area (Å²) in [6, 6.07) is 54.7. The highest BCUT2D eigenvalue weighted by Crippen LogP contribution is 2.38. The van der Waals surface area contributed by atoms with Crippen LogP contribution in [0, 0.1) is 6.92 Å². The van der Waals surface area contributed by atoms with Gasteiger partial charge >= 0.3 is 0 Å². The molecule has 6 rings (SSSR count). The van der Waals surface area contributed by atoms with Crippen molar-refractivity contribution in [3.05, 3.63) is 210 Å². The first-order chi connectivity index (χ1) is 24.8. The molecule has 0 aliphatic carbocycles. The molecule has 6 aromatic carbocycles. The molecule has 1 atom stereocenters. The number of nitrogens with zero attached hydrogens (tertiary/aromatic N) is 2. The number of allylic oxidation sites excluding steroid dienone is 3. The summed E-state index contributed by atoms with van der Waals surface area (Å²) in [5, 5.41) is 0. The van der Waals surface area contributed by atoms with Gasteiger partial charge in [-0.3, -0.25) is 4.99 Å². The van der Waals surface area contributed by atoms with Gasteiger partial charge in [0, 0.05) is 5.41 Å². The van der Waals surface area contributed by atoms with Gasteiger partial charge in [-0.05, 0) is 107 Å². The lowest BCUT2D eigenvalue weighted by atomic mass is 9.75. The Balaban J connectivity index is 1.26. The van der Waals surface area contributed by atoms with Crippen molar-refractivity contribution >= 4 is 29.5 Å². The highest BCUT2D eigenvalue weighted by atomic mass is 14.9. The summed E-state index contributed by atoms with van der Waals surface area (Å²) >= 11 is 0. The molecular weight excluding hydrogens is 619 g/mol. The van der Waals surface area contributed by atoms with Crippen molar-refractivity contribution in [2.45, 2.75) is 26.2 Å². The van der Waals surface area contributed by atoms with E-state index in [1.54, 1.807) is 0 Å². The summed E-state index contributed by atoms with van der Waals surface area (Å²) in [5.74, 6) is 0.469. The third kappa shape index (κ3) is 7.64. The smallest absolute Gasteiger partial charge is 0.127 e. The van der Waals surface area contributed by atoms with Gasteiger partial charge in [0.1, 0.15) is 5.84 Å². The first-order valence-electron chi connectivity index (χ1n) is 17.2. The van der Waals surface area contributed by atoms with E-state index < -0.39 is 5.41 Å². The van der Waals surface area contributed by atoms with E-state index in [1.165, 1.54) is 27.8 Å². The van der Waals surface area contributed by atoms with E-state index in [1.807, 2.05) is 43.3 Å². The van der Waals surface area contributed by atoms with Crippen LogP contribution in [0.1, 0.15) is 41.7 Å². The fourth-order valence-electron chi connectivity index (χ4n) is 6.51. The molecule has 0 aromatic heterocycles. The van der Waals surface area contributed by atoms with Crippen LogP contribution in [0.15, 0.2) is 192 Å². The standard InChI is InChI=1S/C48H43N3/c1-6-44(45-20-14-13-15-34(45)2)35(3)47(49)51-43-31-27-39(28-32-43)37-21-23-40(24-22-37)46(50-5)33-48(4,41-18-11-8-12-19-41)42-29-25-38(26-30-42)36-16-9-7-10-17-36/h6-33H,1,5H2,2-4H3,(H2,49,51)/b44-35-,46-33-. The third-order valence-electron chi connectivity index (χ3n) is 9.62. The number of aryl methyl sites for hydroxylation is 1. The molecular formula is C48H43N3. The molecule has 0 bridgehead atoms. The largest absolute Gasteiger partial charge is 0.383 e. The molecule has 2 N–H and O–H groups in total. The minimum Gasteiger partial charge on any atom is -0.383 e. The second-order valence-corrected chi connectivity index (χ2v) is 12.9. The SMILES string of the molecule is C=C/C(=C(\C)C(N)=Nc1ccc(-c2ccc(/C(=C/C(C)(c3ccccc3)c3ccc(-c4ccccc4)cc3)N=C)cc2)cc1)c1ccccc1C. The van der Waals surface area contributed by atoms with Gasteiger partial charge in [-0.15, -0.1) is 0 Å². The van der Waals surface area contributed by atoms with Gasteiger partial charge in [-0.2, -0.15) is 0 Å². The van der Waals surface area contributed by atoms with Crippen molar-refractivity contribution < 1.29 is 0 Å². The normalized spacial score (nSPS) is 13.5. The van der Waals surface area contributed by atoms with Crippen LogP contribution in [-0.4, -0.2) is 12.6 Å². The van der Waals surface area contributed by atoms with Gasteiger partial charge in [-0.1, -0.05) is 158 Å². The number of nitrogens with two attached hydrogens (primary N) is 1.